The topological polar surface area (TPSA) is 91.8 Å². The standard InChI is InChI=1S/C21H20N4O2S/c1-15(17-5-3-2-4-6-17)13-20-24-25-21(27-20)28-14-19(26)23-18-9-7-16(8-10-18)11-12-22/h2-10,15H,11,13-14H2,1H3,(H,23,26). The Bertz CT molecular complexity index is 949. The third-order valence-electron chi connectivity index (χ3n) is 4.15. The first-order valence-electron chi connectivity index (χ1n) is 8.90. The van der Waals surface area contributed by atoms with Crippen LogP contribution in [-0.2, 0) is 17.6 Å². The summed E-state index contributed by atoms with van der Waals surface area (Å²) in [5.41, 5.74) is 2.82. The van der Waals surface area contributed by atoms with Crippen molar-refractivity contribution in [1.29, 1.82) is 5.26 Å². The van der Waals surface area contributed by atoms with Crippen LogP contribution in [0.25, 0.3) is 0 Å². The molecule has 1 amide bonds. The second kappa shape index (κ2) is 9.72. The number of nitriles is 1. The highest BCUT2D eigenvalue weighted by molar-refractivity contribution is 7.99. The second-order valence-corrected chi connectivity index (χ2v) is 7.27. The van der Waals surface area contributed by atoms with E-state index in [-0.39, 0.29) is 17.6 Å². The maximum absolute atomic E-state index is 12.1. The number of hydrogen-bond acceptors (Lipinski definition) is 6. The van der Waals surface area contributed by atoms with E-state index in [9.17, 15) is 4.79 Å². The van der Waals surface area contributed by atoms with Gasteiger partial charge in [-0.15, -0.1) is 10.2 Å². The van der Waals surface area contributed by atoms with E-state index < -0.39 is 0 Å². The third kappa shape index (κ3) is 5.69. The zero-order chi connectivity index (χ0) is 19.8. The smallest absolute Gasteiger partial charge is 0.277 e. The predicted octanol–water partition coefficient (Wildman–Crippen LogP) is 4.21. The molecule has 0 fully saturated rings. The molecule has 1 heterocycles. The van der Waals surface area contributed by atoms with Crippen LogP contribution in [0.1, 0.15) is 29.9 Å². The van der Waals surface area contributed by atoms with Crippen LogP contribution in [0.4, 0.5) is 5.69 Å². The van der Waals surface area contributed by atoms with Gasteiger partial charge in [0.1, 0.15) is 0 Å². The lowest BCUT2D eigenvalue weighted by Gasteiger charge is -2.08. The van der Waals surface area contributed by atoms with Crippen molar-refractivity contribution >= 4 is 23.4 Å². The van der Waals surface area contributed by atoms with Crippen molar-refractivity contribution < 1.29 is 9.21 Å². The molecule has 0 spiro atoms. The van der Waals surface area contributed by atoms with E-state index >= 15 is 0 Å². The summed E-state index contributed by atoms with van der Waals surface area (Å²) in [5.74, 6) is 0.852. The van der Waals surface area contributed by atoms with Crippen LogP contribution in [-0.4, -0.2) is 21.9 Å². The molecule has 0 radical (unpaired) electrons. The third-order valence-corrected chi connectivity index (χ3v) is 4.96. The van der Waals surface area contributed by atoms with Crippen molar-refractivity contribution in [3.63, 3.8) is 0 Å². The largest absolute Gasteiger partial charge is 0.416 e. The lowest BCUT2D eigenvalue weighted by molar-refractivity contribution is -0.113. The monoisotopic (exact) mass is 392 g/mol. The van der Waals surface area contributed by atoms with Gasteiger partial charge in [0.25, 0.3) is 5.22 Å². The maximum atomic E-state index is 12.1. The van der Waals surface area contributed by atoms with Gasteiger partial charge in [-0.25, -0.2) is 0 Å². The summed E-state index contributed by atoms with van der Waals surface area (Å²) in [4.78, 5) is 12.1. The molecule has 0 saturated heterocycles. The van der Waals surface area contributed by atoms with E-state index in [2.05, 4.69) is 40.6 Å². The number of nitrogens with zero attached hydrogens (tertiary/aromatic N) is 3. The first-order valence-corrected chi connectivity index (χ1v) is 9.88. The van der Waals surface area contributed by atoms with Crippen LogP contribution < -0.4 is 5.32 Å². The molecule has 0 saturated carbocycles. The Morgan fingerprint density at radius 3 is 2.64 bits per heavy atom. The first kappa shape index (κ1) is 19.6. The number of carbonyl (C=O) groups is 1. The number of anilines is 1. The highest BCUT2D eigenvalue weighted by Gasteiger charge is 2.14. The normalized spacial score (nSPS) is 11.6. The minimum Gasteiger partial charge on any atom is -0.416 e. The van der Waals surface area contributed by atoms with Crippen LogP contribution >= 0.6 is 11.8 Å². The first-order chi connectivity index (χ1) is 13.6. The summed E-state index contributed by atoms with van der Waals surface area (Å²) in [5, 5.41) is 20.0. The fraction of sp³-hybridized carbons (Fsp3) is 0.238. The molecule has 0 bridgehead atoms. The molecule has 28 heavy (non-hydrogen) atoms. The Labute approximate surface area is 168 Å². The quantitative estimate of drug-likeness (QED) is 0.577. The van der Waals surface area contributed by atoms with Crippen LogP contribution in [0.5, 0.6) is 0 Å². The number of rotatable bonds is 8. The van der Waals surface area contributed by atoms with Crippen molar-refractivity contribution in [2.45, 2.75) is 30.9 Å². The average molecular weight is 392 g/mol. The van der Waals surface area contributed by atoms with Gasteiger partial charge in [0.2, 0.25) is 11.8 Å². The highest BCUT2D eigenvalue weighted by atomic mass is 32.2. The Balaban J connectivity index is 1.47. The van der Waals surface area contributed by atoms with Crippen molar-refractivity contribution in [2.24, 2.45) is 0 Å². The molecule has 7 heteroatoms. The summed E-state index contributed by atoms with van der Waals surface area (Å²) in [6, 6.07) is 19.5. The van der Waals surface area contributed by atoms with Crippen molar-refractivity contribution in [3.05, 3.63) is 71.6 Å². The number of aromatic nitrogens is 2. The van der Waals surface area contributed by atoms with Crippen molar-refractivity contribution in [2.75, 3.05) is 11.1 Å². The Kier molecular flexibility index (Phi) is 6.82. The molecule has 1 atom stereocenters. The number of benzene rings is 2. The van der Waals surface area contributed by atoms with E-state index in [1.165, 1.54) is 17.3 Å². The van der Waals surface area contributed by atoms with Crippen LogP contribution in [0.15, 0.2) is 64.2 Å². The fourth-order valence-electron chi connectivity index (χ4n) is 2.66. The molecule has 1 N–H and O–H groups in total. The number of nitrogens with one attached hydrogen (secondary N) is 1. The van der Waals surface area contributed by atoms with Crippen molar-refractivity contribution in [1.82, 2.24) is 10.2 Å². The number of hydrogen-bond donors (Lipinski definition) is 1. The molecule has 0 aliphatic carbocycles. The second-order valence-electron chi connectivity index (χ2n) is 6.35. The molecule has 6 nitrogen and oxygen atoms in total. The summed E-state index contributed by atoms with van der Waals surface area (Å²) < 4.78 is 5.65. The fourth-order valence-corrected chi connectivity index (χ4v) is 3.24. The Hall–Kier alpha value is -3.11. The molecule has 2 aromatic carbocycles. The van der Waals surface area contributed by atoms with Crippen LogP contribution in [0.2, 0.25) is 0 Å². The van der Waals surface area contributed by atoms with E-state index in [0.717, 1.165) is 5.56 Å². The van der Waals surface area contributed by atoms with E-state index in [4.69, 9.17) is 9.68 Å². The molecular weight excluding hydrogens is 372 g/mol. The van der Waals surface area contributed by atoms with E-state index in [1.807, 2.05) is 30.3 Å². The maximum Gasteiger partial charge on any atom is 0.277 e. The molecule has 142 valence electrons. The minimum atomic E-state index is -0.157. The zero-order valence-electron chi connectivity index (χ0n) is 15.5. The van der Waals surface area contributed by atoms with Gasteiger partial charge in [0.15, 0.2) is 0 Å². The predicted molar refractivity (Wildman–Crippen MR) is 108 cm³/mol. The Morgan fingerprint density at radius 2 is 1.93 bits per heavy atom. The van der Waals surface area contributed by atoms with Crippen molar-refractivity contribution in [3.8, 4) is 6.07 Å². The van der Waals surface area contributed by atoms with Crippen LogP contribution in [0.3, 0.4) is 0 Å². The van der Waals surface area contributed by atoms with E-state index in [0.29, 0.717) is 29.6 Å². The number of thioether (sulfide) groups is 1. The summed E-state index contributed by atoms with van der Waals surface area (Å²) in [7, 11) is 0. The van der Waals surface area contributed by atoms with Gasteiger partial charge in [-0.2, -0.15) is 5.26 Å². The summed E-state index contributed by atoms with van der Waals surface area (Å²) >= 11 is 1.21. The molecular formula is C21H20N4O2S. The number of carbonyl (C=O) groups excluding carboxylic acids is 1. The van der Waals surface area contributed by atoms with Crippen LogP contribution in [0, 0.1) is 11.3 Å². The van der Waals surface area contributed by atoms with Gasteiger partial charge in [0.05, 0.1) is 18.2 Å². The molecule has 3 rings (SSSR count). The summed E-state index contributed by atoms with van der Waals surface area (Å²) in [6.07, 6.45) is 1.01. The molecule has 0 aliphatic rings. The SMILES string of the molecule is CC(Cc1nnc(SCC(=O)Nc2ccc(CC#N)cc2)o1)c1ccccc1. The van der Waals surface area contributed by atoms with Gasteiger partial charge in [-0.1, -0.05) is 61.2 Å². The molecule has 0 aliphatic heterocycles. The lowest BCUT2D eigenvalue weighted by Crippen LogP contribution is -2.13. The van der Waals surface area contributed by atoms with Gasteiger partial charge < -0.3 is 9.73 Å². The van der Waals surface area contributed by atoms with Gasteiger partial charge in [-0.05, 0) is 29.2 Å². The Morgan fingerprint density at radius 1 is 1.18 bits per heavy atom. The average Bonchev–Trinajstić information content (AvgIpc) is 3.16. The lowest BCUT2D eigenvalue weighted by atomic mass is 9.98. The minimum absolute atomic E-state index is 0.157. The molecule has 1 aromatic heterocycles. The molecule has 3 aromatic rings. The summed E-state index contributed by atoms with van der Waals surface area (Å²) in [6.45, 7) is 2.11. The van der Waals surface area contributed by atoms with Gasteiger partial charge >= 0.3 is 0 Å². The van der Waals surface area contributed by atoms with E-state index in [1.54, 1.807) is 12.1 Å². The van der Waals surface area contributed by atoms with Gasteiger partial charge in [-0.3, -0.25) is 4.79 Å². The zero-order valence-corrected chi connectivity index (χ0v) is 16.3. The molecule has 1 unspecified atom stereocenters. The number of amides is 1. The highest BCUT2D eigenvalue weighted by Crippen LogP contribution is 2.22. The van der Waals surface area contributed by atoms with Gasteiger partial charge in [0, 0.05) is 12.1 Å².